The fourth-order valence-corrected chi connectivity index (χ4v) is 2.79. The fraction of sp³-hybridized carbons (Fsp3) is 0.214. The van der Waals surface area contributed by atoms with Gasteiger partial charge in [0.05, 0.1) is 18.0 Å². The van der Waals surface area contributed by atoms with Crippen LogP contribution in [0.2, 0.25) is 0 Å². The largest absolute Gasteiger partial charge is 0.390 e. The molecule has 0 bridgehead atoms. The van der Waals surface area contributed by atoms with Crippen molar-refractivity contribution in [1.29, 1.82) is 0 Å². The molecule has 0 atom stereocenters. The molecule has 0 radical (unpaired) electrons. The second-order valence-corrected chi connectivity index (χ2v) is 5.46. The van der Waals surface area contributed by atoms with Gasteiger partial charge in [-0.2, -0.15) is 4.68 Å². The summed E-state index contributed by atoms with van der Waals surface area (Å²) in [5.41, 5.74) is 3.09. The third-order valence-electron chi connectivity index (χ3n) is 3.07. The maximum Gasteiger partial charge on any atom is 0.212 e. The molecule has 0 saturated heterocycles. The lowest BCUT2D eigenvalue weighted by Crippen LogP contribution is -2.05. The number of aliphatic hydroxyl groups is 1. The molecule has 0 unspecified atom stereocenters. The lowest BCUT2D eigenvalue weighted by molar-refractivity contribution is 0.275. The molecule has 3 rings (SSSR count). The summed E-state index contributed by atoms with van der Waals surface area (Å²) in [6, 6.07) is 6.24. The number of aryl methyl sites for hydroxylation is 1. The van der Waals surface area contributed by atoms with Crippen molar-refractivity contribution in [3.63, 3.8) is 0 Å². The van der Waals surface area contributed by atoms with Gasteiger partial charge in [0.15, 0.2) is 0 Å². The van der Waals surface area contributed by atoms with Crippen molar-refractivity contribution in [2.75, 3.05) is 0 Å². The highest BCUT2D eigenvalue weighted by atomic mass is 32.1. The predicted molar refractivity (Wildman–Crippen MR) is 76.9 cm³/mol. The van der Waals surface area contributed by atoms with Crippen LogP contribution < -0.4 is 0 Å². The van der Waals surface area contributed by atoms with Crippen molar-refractivity contribution in [1.82, 2.24) is 20.0 Å². The van der Waals surface area contributed by atoms with E-state index in [-0.39, 0.29) is 12.4 Å². The molecule has 2 aromatic heterocycles. The van der Waals surface area contributed by atoms with Crippen LogP contribution in [0.3, 0.4) is 0 Å². The van der Waals surface area contributed by atoms with Gasteiger partial charge in [0, 0.05) is 11.8 Å². The Morgan fingerprint density at radius 2 is 2.05 bits per heavy atom. The zero-order valence-corrected chi connectivity index (χ0v) is 12.1. The standard InChI is InChI=1S/C14H13FN4OS/c1-9-8-21-14(16-9)19-13(12(7-20)17-18-19)6-10-2-4-11(15)5-3-10/h2-5,8,20H,6-7H2,1H3. The molecule has 0 aliphatic rings. The highest BCUT2D eigenvalue weighted by Crippen LogP contribution is 2.20. The molecule has 0 spiro atoms. The van der Waals surface area contributed by atoms with Crippen molar-refractivity contribution in [3.05, 3.63) is 58.1 Å². The molecule has 7 heteroatoms. The molecule has 0 aliphatic heterocycles. The number of nitrogens with zero attached hydrogens (tertiary/aromatic N) is 4. The zero-order valence-electron chi connectivity index (χ0n) is 11.3. The van der Waals surface area contributed by atoms with E-state index in [9.17, 15) is 9.50 Å². The normalized spacial score (nSPS) is 11.0. The first-order valence-corrected chi connectivity index (χ1v) is 7.26. The molecule has 0 saturated carbocycles. The van der Waals surface area contributed by atoms with E-state index in [4.69, 9.17) is 0 Å². The Bertz CT molecular complexity index is 751. The highest BCUT2D eigenvalue weighted by molar-refractivity contribution is 7.12. The molecule has 0 fully saturated rings. The van der Waals surface area contributed by atoms with E-state index in [1.165, 1.54) is 23.5 Å². The van der Waals surface area contributed by atoms with Crippen LogP contribution in [-0.2, 0) is 13.0 Å². The summed E-state index contributed by atoms with van der Waals surface area (Å²) in [6.45, 7) is 1.71. The van der Waals surface area contributed by atoms with Crippen LogP contribution in [0.1, 0.15) is 22.6 Å². The molecule has 21 heavy (non-hydrogen) atoms. The topological polar surface area (TPSA) is 63.8 Å². The van der Waals surface area contributed by atoms with Crippen LogP contribution in [0.15, 0.2) is 29.6 Å². The SMILES string of the molecule is Cc1csc(-n2nnc(CO)c2Cc2ccc(F)cc2)n1. The van der Waals surface area contributed by atoms with Crippen molar-refractivity contribution in [3.8, 4) is 5.13 Å². The van der Waals surface area contributed by atoms with E-state index >= 15 is 0 Å². The second-order valence-electron chi connectivity index (χ2n) is 4.63. The first-order valence-electron chi connectivity index (χ1n) is 6.38. The molecule has 1 aromatic carbocycles. The van der Waals surface area contributed by atoms with E-state index in [2.05, 4.69) is 15.3 Å². The number of hydrogen-bond acceptors (Lipinski definition) is 5. The van der Waals surface area contributed by atoms with Crippen LogP contribution in [0.25, 0.3) is 5.13 Å². The average Bonchev–Trinajstić information content (AvgIpc) is 3.07. The van der Waals surface area contributed by atoms with Gasteiger partial charge in [-0.05, 0) is 24.6 Å². The maximum atomic E-state index is 13.0. The summed E-state index contributed by atoms with van der Waals surface area (Å²) in [5, 5.41) is 20.1. The van der Waals surface area contributed by atoms with E-state index in [0.29, 0.717) is 17.2 Å². The van der Waals surface area contributed by atoms with E-state index in [1.54, 1.807) is 16.8 Å². The number of aromatic nitrogens is 4. The first-order chi connectivity index (χ1) is 10.2. The number of hydrogen-bond donors (Lipinski definition) is 1. The summed E-state index contributed by atoms with van der Waals surface area (Å²) < 4.78 is 14.6. The van der Waals surface area contributed by atoms with Crippen molar-refractivity contribution in [2.24, 2.45) is 0 Å². The van der Waals surface area contributed by atoms with Crippen molar-refractivity contribution >= 4 is 11.3 Å². The van der Waals surface area contributed by atoms with Gasteiger partial charge in [0.25, 0.3) is 0 Å². The van der Waals surface area contributed by atoms with Crippen LogP contribution in [-0.4, -0.2) is 25.1 Å². The van der Waals surface area contributed by atoms with Crippen LogP contribution in [0.4, 0.5) is 4.39 Å². The van der Waals surface area contributed by atoms with E-state index in [1.807, 2.05) is 12.3 Å². The number of aliphatic hydroxyl groups excluding tert-OH is 1. The Balaban J connectivity index is 1.99. The minimum Gasteiger partial charge on any atom is -0.390 e. The fourth-order valence-electron chi connectivity index (χ4n) is 2.02. The Morgan fingerprint density at radius 3 is 2.67 bits per heavy atom. The molecule has 5 nitrogen and oxygen atoms in total. The Hall–Kier alpha value is -2.12. The summed E-state index contributed by atoms with van der Waals surface area (Å²) in [6.07, 6.45) is 0.502. The van der Waals surface area contributed by atoms with Crippen molar-refractivity contribution < 1.29 is 9.50 Å². The number of thiazole rings is 1. The van der Waals surface area contributed by atoms with Gasteiger partial charge >= 0.3 is 0 Å². The summed E-state index contributed by atoms with van der Waals surface area (Å²) in [5.74, 6) is -0.275. The van der Waals surface area contributed by atoms with Gasteiger partial charge < -0.3 is 5.11 Å². The van der Waals surface area contributed by atoms with Gasteiger partial charge in [-0.3, -0.25) is 0 Å². The molecule has 1 N–H and O–H groups in total. The third-order valence-corrected chi connectivity index (χ3v) is 4.00. The van der Waals surface area contributed by atoms with Crippen LogP contribution in [0.5, 0.6) is 0 Å². The number of benzene rings is 1. The zero-order chi connectivity index (χ0) is 14.8. The Labute approximate surface area is 124 Å². The first kappa shape index (κ1) is 13.8. The van der Waals surface area contributed by atoms with Crippen LogP contribution >= 0.6 is 11.3 Å². The highest BCUT2D eigenvalue weighted by Gasteiger charge is 2.16. The third kappa shape index (κ3) is 2.84. The molecular formula is C14H13FN4OS. The second kappa shape index (κ2) is 5.71. The summed E-state index contributed by atoms with van der Waals surface area (Å²) in [7, 11) is 0. The smallest absolute Gasteiger partial charge is 0.212 e. The van der Waals surface area contributed by atoms with E-state index < -0.39 is 0 Å². The summed E-state index contributed by atoms with van der Waals surface area (Å²) >= 11 is 1.46. The van der Waals surface area contributed by atoms with Gasteiger partial charge in [-0.1, -0.05) is 17.3 Å². The van der Waals surface area contributed by atoms with Crippen LogP contribution in [0, 0.1) is 12.7 Å². The maximum absolute atomic E-state index is 13.0. The molecular weight excluding hydrogens is 291 g/mol. The van der Waals surface area contributed by atoms with E-state index in [0.717, 1.165) is 17.0 Å². The predicted octanol–water partition coefficient (Wildman–Crippen LogP) is 2.25. The Kier molecular flexibility index (Phi) is 3.76. The van der Waals surface area contributed by atoms with Crippen molar-refractivity contribution in [2.45, 2.75) is 20.0 Å². The molecule has 0 aliphatic carbocycles. The molecule has 2 heterocycles. The summed E-state index contributed by atoms with van der Waals surface area (Å²) in [4.78, 5) is 4.38. The van der Waals surface area contributed by atoms with Gasteiger partial charge in [-0.25, -0.2) is 9.37 Å². The molecule has 108 valence electrons. The number of rotatable bonds is 4. The molecule has 3 aromatic rings. The minimum absolute atomic E-state index is 0.194. The monoisotopic (exact) mass is 304 g/mol. The lowest BCUT2D eigenvalue weighted by atomic mass is 10.1. The molecule has 0 amide bonds. The van der Waals surface area contributed by atoms with Gasteiger partial charge in [0.2, 0.25) is 5.13 Å². The Morgan fingerprint density at radius 1 is 1.29 bits per heavy atom. The minimum atomic E-state index is -0.275. The number of halogens is 1. The lowest BCUT2D eigenvalue weighted by Gasteiger charge is -2.05. The van der Waals surface area contributed by atoms with Gasteiger partial charge in [0.1, 0.15) is 11.5 Å². The average molecular weight is 304 g/mol. The van der Waals surface area contributed by atoms with Gasteiger partial charge in [-0.15, -0.1) is 16.4 Å². The quantitative estimate of drug-likeness (QED) is 0.803.